The number of ether oxygens (including phenoxy) is 1. The third-order valence-corrected chi connectivity index (χ3v) is 7.93. The van der Waals surface area contributed by atoms with Crippen LogP contribution in [0.15, 0.2) is 35.5 Å². The lowest BCUT2D eigenvalue weighted by Gasteiger charge is -2.61. The van der Waals surface area contributed by atoms with E-state index >= 15 is 4.39 Å². The summed E-state index contributed by atoms with van der Waals surface area (Å²) in [4.78, 5) is 35.6. The third kappa shape index (κ3) is 2.64. The second-order valence-electron chi connectivity index (χ2n) is 9.32. The lowest BCUT2D eigenvalue weighted by molar-refractivity contribution is -0.185. The molecule has 156 valence electrons. The first kappa shape index (κ1) is 20.2. The Morgan fingerprint density at radius 1 is 1.31 bits per heavy atom. The molecule has 6 heteroatoms. The van der Waals surface area contributed by atoms with Gasteiger partial charge in [-0.3, -0.25) is 14.4 Å². The van der Waals surface area contributed by atoms with E-state index in [1.807, 2.05) is 13.0 Å². The molecule has 5 nitrogen and oxygen atoms in total. The molecule has 2 saturated carbocycles. The minimum atomic E-state index is -1.90. The van der Waals surface area contributed by atoms with E-state index in [1.165, 1.54) is 19.1 Å². The largest absolute Gasteiger partial charge is 0.457 e. The molecular formula is C23H27FO5. The number of aliphatic hydroxyl groups is 1. The van der Waals surface area contributed by atoms with Gasteiger partial charge in [-0.15, -0.1) is 0 Å². The molecule has 0 bridgehead atoms. The van der Waals surface area contributed by atoms with E-state index in [0.29, 0.717) is 24.8 Å². The maximum atomic E-state index is 16.8. The standard InChI is InChI=1S/C23H27FO5/c1-13(25)29-12-19(27)18-7-6-16-17-5-4-14-10-15(26)8-9-22(14,3)23(17,24)20(28)11-21(16,18)2/h7-10,16-17,20,28H,4-6,11-12H2,1-3H3/t16-,17-,20+,21-,22-,23+/m0/s1. The number of halogens is 1. The number of esters is 1. The molecule has 1 N–H and O–H groups in total. The maximum absolute atomic E-state index is 16.8. The highest BCUT2D eigenvalue weighted by atomic mass is 19.1. The van der Waals surface area contributed by atoms with Gasteiger partial charge in [0, 0.05) is 29.2 Å². The molecule has 0 amide bonds. The van der Waals surface area contributed by atoms with Crippen molar-refractivity contribution in [3.8, 4) is 0 Å². The molecule has 0 radical (unpaired) electrons. The maximum Gasteiger partial charge on any atom is 0.303 e. The number of aliphatic hydroxyl groups excluding tert-OH is 1. The first-order valence-electron chi connectivity index (χ1n) is 10.2. The highest BCUT2D eigenvalue weighted by molar-refractivity contribution is 6.01. The summed E-state index contributed by atoms with van der Waals surface area (Å²) in [6.07, 6.45) is 6.89. The molecule has 0 heterocycles. The average Bonchev–Trinajstić information content (AvgIpc) is 2.98. The Kier molecular flexibility index (Phi) is 4.50. The van der Waals surface area contributed by atoms with Crippen molar-refractivity contribution in [1.82, 2.24) is 0 Å². The number of fused-ring (bicyclic) bond motifs is 5. The van der Waals surface area contributed by atoms with E-state index in [-0.39, 0.29) is 30.5 Å². The lowest BCUT2D eigenvalue weighted by Crippen LogP contribution is -2.66. The van der Waals surface area contributed by atoms with Gasteiger partial charge in [0.05, 0.1) is 6.10 Å². The van der Waals surface area contributed by atoms with Crippen LogP contribution < -0.4 is 0 Å². The summed E-state index contributed by atoms with van der Waals surface area (Å²) in [5.74, 6) is -1.52. The average molecular weight is 402 g/mol. The number of alkyl halides is 1. The topological polar surface area (TPSA) is 80.7 Å². The first-order valence-corrected chi connectivity index (χ1v) is 10.2. The zero-order valence-corrected chi connectivity index (χ0v) is 17.0. The van der Waals surface area contributed by atoms with Crippen LogP contribution in [0.3, 0.4) is 0 Å². The molecule has 4 aliphatic rings. The van der Waals surface area contributed by atoms with E-state index < -0.39 is 34.5 Å². The quantitative estimate of drug-likeness (QED) is 0.734. The number of hydrogen-bond acceptors (Lipinski definition) is 5. The molecule has 4 rings (SSSR count). The summed E-state index contributed by atoms with van der Waals surface area (Å²) < 4.78 is 21.7. The van der Waals surface area contributed by atoms with Gasteiger partial charge in [-0.2, -0.15) is 0 Å². The predicted molar refractivity (Wildman–Crippen MR) is 103 cm³/mol. The van der Waals surface area contributed by atoms with Crippen LogP contribution in [0.25, 0.3) is 0 Å². The second-order valence-corrected chi connectivity index (χ2v) is 9.32. The minimum absolute atomic E-state index is 0.118. The Bertz CT molecular complexity index is 886. The van der Waals surface area contributed by atoms with E-state index in [1.54, 1.807) is 13.0 Å². The molecule has 0 saturated heterocycles. The van der Waals surface area contributed by atoms with Crippen molar-refractivity contribution in [3.05, 3.63) is 35.5 Å². The summed E-state index contributed by atoms with van der Waals surface area (Å²) in [7, 11) is 0. The van der Waals surface area contributed by atoms with Gasteiger partial charge in [-0.25, -0.2) is 4.39 Å². The van der Waals surface area contributed by atoms with Crippen molar-refractivity contribution < 1.29 is 28.6 Å². The van der Waals surface area contributed by atoms with Gasteiger partial charge in [0.15, 0.2) is 23.8 Å². The summed E-state index contributed by atoms with van der Waals surface area (Å²) in [5.41, 5.74) is -2.33. The molecule has 0 aromatic rings. The molecule has 0 unspecified atom stereocenters. The number of carbonyl (C=O) groups is 3. The molecule has 29 heavy (non-hydrogen) atoms. The first-order chi connectivity index (χ1) is 13.5. The third-order valence-electron chi connectivity index (χ3n) is 7.93. The predicted octanol–water partition coefficient (Wildman–Crippen LogP) is 3.03. The van der Waals surface area contributed by atoms with Gasteiger partial charge in [0.1, 0.15) is 0 Å². The van der Waals surface area contributed by atoms with Crippen molar-refractivity contribution in [1.29, 1.82) is 0 Å². The van der Waals surface area contributed by atoms with E-state index in [4.69, 9.17) is 4.74 Å². The van der Waals surface area contributed by atoms with E-state index in [9.17, 15) is 19.5 Å². The number of carbonyl (C=O) groups excluding carboxylic acids is 3. The number of ketones is 2. The zero-order valence-electron chi connectivity index (χ0n) is 17.0. The number of hydrogen-bond donors (Lipinski definition) is 1. The smallest absolute Gasteiger partial charge is 0.303 e. The Morgan fingerprint density at radius 2 is 2.03 bits per heavy atom. The van der Waals surface area contributed by atoms with Gasteiger partial charge < -0.3 is 9.84 Å². The number of rotatable bonds is 3. The fourth-order valence-corrected chi connectivity index (χ4v) is 6.46. The molecular weight excluding hydrogens is 375 g/mol. The number of allylic oxidation sites excluding steroid dienone is 5. The minimum Gasteiger partial charge on any atom is -0.457 e. The van der Waals surface area contributed by atoms with Crippen LogP contribution in [-0.2, 0) is 19.1 Å². The Balaban J connectivity index is 1.68. The Labute approximate surface area is 169 Å². The molecule has 0 spiro atoms. The SMILES string of the molecule is CC(=O)OCC(=O)C1=CC[C@H]2[C@@H]3CCC4=CC(=O)C=C[C@]4(C)[C@]3(F)[C@H](O)C[C@]12C. The van der Waals surface area contributed by atoms with Gasteiger partial charge in [-0.1, -0.05) is 24.6 Å². The van der Waals surface area contributed by atoms with E-state index in [0.717, 1.165) is 5.57 Å². The Hall–Kier alpha value is -2.08. The summed E-state index contributed by atoms with van der Waals surface area (Å²) in [6, 6.07) is 0. The highest BCUT2D eigenvalue weighted by Gasteiger charge is 2.69. The van der Waals surface area contributed by atoms with Crippen LogP contribution in [0.5, 0.6) is 0 Å². The van der Waals surface area contributed by atoms with Crippen molar-refractivity contribution >= 4 is 17.5 Å². The number of Topliss-reactive ketones (excluding diaryl/α,β-unsaturated/α-hetero) is 1. The fraction of sp³-hybridized carbons (Fsp3) is 0.609. The Morgan fingerprint density at radius 3 is 2.72 bits per heavy atom. The normalized spacial score (nSPS) is 42.9. The van der Waals surface area contributed by atoms with Crippen LogP contribution in [0.4, 0.5) is 4.39 Å². The van der Waals surface area contributed by atoms with Crippen LogP contribution in [0, 0.1) is 22.7 Å². The van der Waals surface area contributed by atoms with Crippen LogP contribution >= 0.6 is 0 Å². The molecule has 6 atom stereocenters. The van der Waals surface area contributed by atoms with Crippen LogP contribution in [-0.4, -0.2) is 41.0 Å². The van der Waals surface area contributed by atoms with Crippen LogP contribution in [0.1, 0.15) is 46.5 Å². The van der Waals surface area contributed by atoms with Crippen molar-refractivity contribution in [3.63, 3.8) is 0 Å². The summed E-state index contributed by atoms with van der Waals surface area (Å²) in [6.45, 7) is 4.60. The zero-order chi connectivity index (χ0) is 21.2. The molecule has 0 aromatic carbocycles. The van der Waals surface area contributed by atoms with Gasteiger partial charge in [0.25, 0.3) is 0 Å². The second kappa shape index (κ2) is 6.46. The van der Waals surface area contributed by atoms with Crippen molar-refractivity contribution in [2.75, 3.05) is 6.61 Å². The molecule has 0 aliphatic heterocycles. The lowest BCUT2D eigenvalue weighted by atomic mass is 9.45. The summed E-state index contributed by atoms with van der Waals surface area (Å²) >= 11 is 0. The van der Waals surface area contributed by atoms with Gasteiger partial charge >= 0.3 is 5.97 Å². The monoisotopic (exact) mass is 402 g/mol. The summed E-state index contributed by atoms with van der Waals surface area (Å²) in [5, 5.41) is 11.1. The molecule has 0 aromatic heterocycles. The van der Waals surface area contributed by atoms with Gasteiger partial charge in [0.2, 0.25) is 0 Å². The van der Waals surface area contributed by atoms with E-state index in [2.05, 4.69) is 0 Å². The van der Waals surface area contributed by atoms with Crippen LogP contribution in [0.2, 0.25) is 0 Å². The van der Waals surface area contributed by atoms with Gasteiger partial charge in [-0.05, 0) is 50.7 Å². The fourth-order valence-electron chi connectivity index (χ4n) is 6.46. The van der Waals surface area contributed by atoms with Crippen molar-refractivity contribution in [2.45, 2.75) is 58.2 Å². The highest BCUT2D eigenvalue weighted by Crippen LogP contribution is 2.67. The molecule has 2 fully saturated rings. The molecule has 4 aliphatic carbocycles. The van der Waals surface area contributed by atoms with Crippen molar-refractivity contribution in [2.24, 2.45) is 22.7 Å².